The molecule has 2 N–H and O–H groups in total. The molecule has 0 radical (unpaired) electrons. The fourth-order valence-corrected chi connectivity index (χ4v) is 1.95. The van der Waals surface area contributed by atoms with E-state index in [1.165, 1.54) is 27.9 Å². The molecule has 0 aliphatic carbocycles. The first-order valence-corrected chi connectivity index (χ1v) is 7.05. The quantitative estimate of drug-likeness (QED) is 0.818. The second kappa shape index (κ2) is 6.89. The molecule has 2 aromatic rings. The molecule has 0 unspecified atom stereocenters. The molecule has 22 heavy (non-hydrogen) atoms. The fraction of sp³-hybridized carbons (Fsp3) is 0.312. The van der Waals surface area contributed by atoms with Crippen LogP contribution in [0.5, 0.6) is 5.75 Å². The molecule has 0 saturated carbocycles. The van der Waals surface area contributed by atoms with Crippen LogP contribution in [0.15, 0.2) is 35.1 Å². The van der Waals surface area contributed by atoms with E-state index in [0.29, 0.717) is 19.6 Å². The van der Waals surface area contributed by atoms with Crippen LogP contribution in [-0.2, 0) is 6.54 Å². The molecule has 1 aromatic carbocycles. The predicted octanol–water partition coefficient (Wildman–Crippen LogP) is 1.43. The molecule has 1 amide bonds. The second-order valence-corrected chi connectivity index (χ2v) is 5.09. The summed E-state index contributed by atoms with van der Waals surface area (Å²) < 4.78 is 6.87. The number of nitrogens with two attached hydrogens (primary N) is 1. The Hall–Kier alpha value is -2.63. The van der Waals surface area contributed by atoms with E-state index in [4.69, 9.17) is 10.5 Å². The number of primary amides is 1. The number of ether oxygens (including phenoxy) is 1. The summed E-state index contributed by atoms with van der Waals surface area (Å²) in [6.07, 6.45) is 0.599. The zero-order valence-electron chi connectivity index (χ0n) is 12.7. The highest BCUT2D eigenvalue weighted by Crippen LogP contribution is 2.16. The van der Waals surface area contributed by atoms with Crippen molar-refractivity contribution in [3.8, 4) is 5.75 Å². The van der Waals surface area contributed by atoms with Gasteiger partial charge in [0.1, 0.15) is 11.4 Å². The number of amides is 1. The van der Waals surface area contributed by atoms with Gasteiger partial charge in [-0.2, -0.15) is 5.10 Å². The van der Waals surface area contributed by atoms with Gasteiger partial charge < -0.3 is 10.5 Å². The molecule has 6 heteroatoms. The Morgan fingerprint density at radius 3 is 2.68 bits per heavy atom. The molecule has 0 atom stereocenters. The molecule has 1 aromatic heterocycles. The van der Waals surface area contributed by atoms with E-state index in [1.54, 1.807) is 0 Å². The van der Waals surface area contributed by atoms with E-state index in [1.807, 2.05) is 32.0 Å². The number of carbonyl (C=O) groups excluding carboxylic acids is 1. The Bertz CT molecular complexity index is 738. The topological polar surface area (TPSA) is 87.2 Å². The van der Waals surface area contributed by atoms with Crippen LogP contribution in [-0.4, -0.2) is 22.3 Å². The van der Waals surface area contributed by atoms with Gasteiger partial charge in [-0.3, -0.25) is 9.59 Å². The van der Waals surface area contributed by atoms with Gasteiger partial charge in [0.25, 0.3) is 11.5 Å². The van der Waals surface area contributed by atoms with Crippen LogP contribution in [0, 0.1) is 13.8 Å². The summed E-state index contributed by atoms with van der Waals surface area (Å²) in [4.78, 5) is 22.7. The van der Waals surface area contributed by atoms with Gasteiger partial charge in [0.15, 0.2) is 0 Å². The van der Waals surface area contributed by atoms with Crippen molar-refractivity contribution in [1.82, 2.24) is 9.78 Å². The van der Waals surface area contributed by atoms with Crippen molar-refractivity contribution in [3.05, 3.63) is 57.5 Å². The van der Waals surface area contributed by atoms with Gasteiger partial charge in [-0.15, -0.1) is 0 Å². The van der Waals surface area contributed by atoms with Crippen LogP contribution in [0.3, 0.4) is 0 Å². The third-order valence-corrected chi connectivity index (χ3v) is 3.38. The maximum absolute atomic E-state index is 11.6. The lowest BCUT2D eigenvalue weighted by Crippen LogP contribution is -2.27. The van der Waals surface area contributed by atoms with Gasteiger partial charge >= 0.3 is 0 Å². The maximum Gasteiger partial charge on any atom is 0.269 e. The van der Waals surface area contributed by atoms with Crippen LogP contribution in [0.4, 0.5) is 0 Å². The highest BCUT2D eigenvalue weighted by atomic mass is 16.5. The van der Waals surface area contributed by atoms with Crippen molar-refractivity contribution >= 4 is 5.91 Å². The van der Waals surface area contributed by atoms with Gasteiger partial charge in [0.05, 0.1) is 6.61 Å². The predicted molar refractivity (Wildman–Crippen MR) is 83.0 cm³/mol. The summed E-state index contributed by atoms with van der Waals surface area (Å²) in [5.41, 5.74) is 7.34. The minimum Gasteiger partial charge on any atom is -0.494 e. The van der Waals surface area contributed by atoms with E-state index in [-0.39, 0.29) is 11.3 Å². The van der Waals surface area contributed by atoms with Crippen molar-refractivity contribution in [2.45, 2.75) is 26.8 Å². The Morgan fingerprint density at radius 1 is 1.23 bits per heavy atom. The molecule has 6 nitrogen and oxygen atoms in total. The number of aromatic nitrogens is 2. The summed E-state index contributed by atoms with van der Waals surface area (Å²) in [5, 5.41) is 3.92. The van der Waals surface area contributed by atoms with Crippen molar-refractivity contribution in [3.63, 3.8) is 0 Å². The molecule has 0 aliphatic heterocycles. The molecule has 0 fully saturated rings. The lowest BCUT2D eigenvalue weighted by molar-refractivity contribution is 0.0993. The van der Waals surface area contributed by atoms with Crippen molar-refractivity contribution in [2.24, 2.45) is 5.73 Å². The highest BCUT2D eigenvalue weighted by molar-refractivity contribution is 5.90. The van der Waals surface area contributed by atoms with E-state index < -0.39 is 5.91 Å². The third kappa shape index (κ3) is 3.94. The number of nitrogens with zero attached hydrogens (tertiary/aromatic N) is 2. The van der Waals surface area contributed by atoms with Crippen LogP contribution in [0.1, 0.15) is 28.0 Å². The van der Waals surface area contributed by atoms with Gasteiger partial charge in [0, 0.05) is 19.0 Å². The van der Waals surface area contributed by atoms with Crippen LogP contribution >= 0.6 is 0 Å². The van der Waals surface area contributed by atoms with E-state index in [9.17, 15) is 9.59 Å². The molecule has 0 spiro atoms. The maximum atomic E-state index is 11.6. The summed E-state index contributed by atoms with van der Waals surface area (Å²) in [6.45, 7) is 4.89. The van der Waals surface area contributed by atoms with Crippen LogP contribution < -0.4 is 16.0 Å². The smallest absolute Gasteiger partial charge is 0.269 e. The van der Waals surface area contributed by atoms with Crippen molar-refractivity contribution in [2.75, 3.05) is 6.61 Å². The minimum atomic E-state index is -0.653. The Kier molecular flexibility index (Phi) is 4.93. The Morgan fingerprint density at radius 2 is 2.00 bits per heavy atom. The average Bonchev–Trinajstić information content (AvgIpc) is 2.48. The lowest BCUT2D eigenvalue weighted by Gasteiger charge is -2.09. The first-order chi connectivity index (χ1) is 10.5. The van der Waals surface area contributed by atoms with Gasteiger partial charge in [-0.05, 0) is 43.2 Å². The van der Waals surface area contributed by atoms with E-state index in [2.05, 4.69) is 5.10 Å². The molecule has 2 rings (SSSR count). The van der Waals surface area contributed by atoms with Crippen LogP contribution in [0.2, 0.25) is 0 Å². The third-order valence-electron chi connectivity index (χ3n) is 3.38. The number of aryl methyl sites for hydroxylation is 3. The number of hydrogen-bond donors (Lipinski definition) is 1. The summed E-state index contributed by atoms with van der Waals surface area (Å²) >= 11 is 0. The normalized spacial score (nSPS) is 10.5. The highest BCUT2D eigenvalue weighted by Gasteiger charge is 2.05. The fourth-order valence-electron chi connectivity index (χ4n) is 1.95. The Balaban J connectivity index is 1.91. The minimum absolute atomic E-state index is 0.0784. The molecule has 116 valence electrons. The largest absolute Gasteiger partial charge is 0.494 e. The zero-order valence-corrected chi connectivity index (χ0v) is 12.7. The number of carbonyl (C=O) groups is 1. The summed E-state index contributed by atoms with van der Waals surface area (Å²) in [6, 6.07) is 8.52. The van der Waals surface area contributed by atoms with Crippen molar-refractivity contribution < 1.29 is 9.53 Å². The first kappa shape index (κ1) is 15.8. The van der Waals surface area contributed by atoms with E-state index in [0.717, 1.165) is 5.75 Å². The summed E-state index contributed by atoms with van der Waals surface area (Å²) in [7, 11) is 0. The summed E-state index contributed by atoms with van der Waals surface area (Å²) in [5.74, 6) is 0.148. The van der Waals surface area contributed by atoms with Crippen molar-refractivity contribution in [1.29, 1.82) is 0 Å². The number of hydrogen-bond acceptors (Lipinski definition) is 4. The van der Waals surface area contributed by atoms with Gasteiger partial charge in [-0.1, -0.05) is 6.07 Å². The molecular weight excluding hydrogens is 282 g/mol. The molecule has 0 saturated heterocycles. The molecule has 0 aliphatic rings. The Labute approximate surface area is 128 Å². The lowest BCUT2D eigenvalue weighted by atomic mass is 10.1. The zero-order chi connectivity index (χ0) is 16.1. The van der Waals surface area contributed by atoms with Gasteiger partial charge in [-0.25, -0.2) is 4.68 Å². The molecular formula is C16H19N3O3. The van der Waals surface area contributed by atoms with Gasteiger partial charge in [0.2, 0.25) is 0 Å². The van der Waals surface area contributed by atoms with E-state index >= 15 is 0 Å². The first-order valence-electron chi connectivity index (χ1n) is 7.05. The second-order valence-electron chi connectivity index (χ2n) is 5.09. The number of rotatable bonds is 6. The van der Waals surface area contributed by atoms with Crippen LogP contribution in [0.25, 0.3) is 0 Å². The molecule has 0 bridgehead atoms. The number of benzene rings is 1. The standard InChI is InChI=1S/C16H19N3O3/c1-11-4-5-13(10-12(11)2)22-9-3-8-19-15(20)7-6-14(18-19)16(17)21/h4-7,10H,3,8-9H2,1-2H3,(H2,17,21). The monoisotopic (exact) mass is 301 g/mol. The average molecular weight is 301 g/mol. The SMILES string of the molecule is Cc1ccc(OCCCn2nc(C(N)=O)ccc2=O)cc1C. The molecule has 1 heterocycles.